The fourth-order valence-corrected chi connectivity index (χ4v) is 1.97. The normalized spacial score (nSPS) is 9.68. The molecule has 0 heterocycles. The number of benzene rings is 2. The standard InChI is InChI=1S/C16H13NO2/c1-19-16-13(10-11-17)8-5-9-14(16)15(18)12-6-3-2-4-7-12/h2-9H,10H2,1H3. The monoisotopic (exact) mass is 251 g/mol. The zero-order valence-corrected chi connectivity index (χ0v) is 10.6. The van der Waals surface area contributed by atoms with E-state index in [1.54, 1.807) is 30.3 Å². The summed E-state index contributed by atoms with van der Waals surface area (Å²) in [4.78, 5) is 12.4. The number of hydrogen-bond donors (Lipinski definition) is 0. The second kappa shape index (κ2) is 5.83. The fraction of sp³-hybridized carbons (Fsp3) is 0.125. The highest BCUT2D eigenvalue weighted by molar-refractivity contribution is 6.10. The lowest BCUT2D eigenvalue weighted by molar-refractivity contribution is 0.103. The molecule has 0 unspecified atom stereocenters. The molecule has 0 aromatic heterocycles. The van der Waals surface area contributed by atoms with Gasteiger partial charge in [-0.25, -0.2) is 0 Å². The van der Waals surface area contributed by atoms with Crippen LogP contribution >= 0.6 is 0 Å². The van der Waals surface area contributed by atoms with Gasteiger partial charge in [-0.05, 0) is 6.07 Å². The van der Waals surface area contributed by atoms with Crippen LogP contribution in [0, 0.1) is 11.3 Å². The minimum absolute atomic E-state index is 0.0998. The fourth-order valence-electron chi connectivity index (χ4n) is 1.97. The SMILES string of the molecule is COc1c(CC#N)cccc1C(=O)c1ccccc1. The molecule has 0 aliphatic rings. The van der Waals surface area contributed by atoms with E-state index < -0.39 is 0 Å². The Morgan fingerprint density at radius 1 is 1.16 bits per heavy atom. The number of nitriles is 1. The van der Waals surface area contributed by atoms with Crippen molar-refractivity contribution in [3.8, 4) is 11.8 Å². The largest absolute Gasteiger partial charge is 0.496 e. The highest BCUT2D eigenvalue weighted by Crippen LogP contribution is 2.26. The molecule has 0 bridgehead atoms. The topological polar surface area (TPSA) is 50.1 Å². The summed E-state index contributed by atoms with van der Waals surface area (Å²) in [6, 6.07) is 16.4. The zero-order valence-electron chi connectivity index (χ0n) is 10.6. The molecule has 2 aromatic rings. The second-order valence-electron chi connectivity index (χ2n) is 4.03. The van der Waals surface area contributed by atoms with Crippen molar-refractivity contribution in [2.75, 3.05) is 7.11 Å². The molecule has 3 heteroatoms. The van der Waals surface area contributed by atoms with Crippen LogP contribution in [0.3, 0.4) is 0 Å². The summed E-state index contributed by atoms with van der Waals surface area (Å²) in [5, 5.41) is 8.80. The van der Waals surface area contributed by atoms with Crippen LogP contribution in [0.1, 0.15) is 21.5 Å². The summed E-state index contributed by atoms with van der Waals surface area (Å²) < 4.78 is 5.30. The van der Waals surface area contributed by atoms with Crippen LogP contribution in [0.15, 0.2) is 48.5 Å². The van der Waals surface area contributed by atoms with E-state index in [-0.39, 0.29) is 12.2 Å². The Bertz CT molecular complexity index is 627. The quantitative estimate of drug-likeness (QED) is 0.785. The predicted molar refractivity (Wildman–Crippen MR) is 72.2 cm³/mol. The third-order valence-electron chi connectivity index (χ3n) is 2.85. The number of ether oxygens (including phenoxy) is 1. The molecule has 0 fully saturated rings. The molecule has 0 N–H and O–H groups in total. The third-order valence-corrected chi connectivity index (χ3v) is 2.85. The molecule has 2 rings (SSSR count). The number of carbonyl (C=O) groups is 1. The first-order chi connectivity index (χ1) is 9.27. The van der Waals surface area contributed by atoms with Gasteiger partial charge in [0.2, 0.25) is 0 Å². The molecule has 3 nitrogen and oxygen atoms in total. The van der Waals surface area contributed by atoms with Crippen LogP contribution in [0.5, 0.6) is 5.75 Å². The zero-order chi connectivity index (χ0) is 13.7. The molecule has 0 spiro atoms. The van der Waals surface area contributed by atoms with Crippen molar-refractivity contribution in [2.24, 2.45) is 0 Å². The van der Waals surface area contributed by atoms with E-state index in [1.165, 1.54) is 7.11 Å². The van der Waals surface area contributed by atoms with Crippen LogP contribution in [-0.4, -0.2) is 12.9 Å². The summed E-state index contributed by atoms with van der Waals surface area (Å²) >= 11 is 0. The van der Waals surface area contributed by atoms with Gasteiger partial charge in [0.15, 0.2) is 5.78 Å². The molecule has 0 radical (unpaired) electrons. The third kappa shape index (κ3) is 2.63. The number of hydrogen-bond acceptors (Lipinski definition) is 3. The highest BCUT2D eigenvalue weighted by atomic mass is 16.5. The minimum atomic E-state index is -0.0998. The van der Waals surface area contributed by atoms with Crippen LogP contribution in [-0.2, 0) is 6.42 Å². The van der Waals surface area contributed by atoms with Gasteiger partial charge in [0, 0.05) is 11.1 Å². The first kappa shape index (κ1) is 12.8. The first-order valence-electron chi connectivity index (χ1n) is 5.90. The molecule has 0 saturated heterocycles. The average Bonchev–Trinajstić information content (AvgIpc) is 2.47. The van der Waals surface area contributed by atoms with Crippen molar-refractivity contribution in [3.63, 3.8) is 0 Å². The highest BCUT2D eigenvalue weighted by Gasteiger charge is 2.16. The summed E-state index contributed by atoms with van der Waals surface area (Å²) in [6.45, 7) is 0. The van der Waals surface area contributed by atoms with Crippen molar-refractivity contribution >= 4 is 5.78 Å². The van der Waals surface area contributed by atoms with Gasteiger partial charge in [-0.1, -0.05) is 42.5 Å². The first-order valence-corrected chi connectivity index (χ1v) is 5.90. The Balaban J connectivity index is 2.48. The second-order valence-corrected chi connectivity index (χ2v) is 4.03. The lowest BCUT2D eigenvalue weighted by Crippen LogP contribution is -2.05. The van der Waals surface area contributed by atoms with Gasteiger partial charge in [-0.2, -0.15) is 5.26 Å². The average molecular weight is 251 g/mol. The molecule has 19 heavy (non-hydrogen) atoms. The van der Waals surface area contributed by atoms with Crippen molar-refractivity contribution in [1.29, 1.82) is 5.26 Å². The van der Waals surface area contributed by atoms with Gasteiger partial charge in [0.1, 0.15) is 5.75 Å². The number of para-hydroxylation sites is 1. The Morgan fingerprint density at radius 2 is 1.89 bits per heavy atom. The van der Waals surface area contributed by atoms with Crippen molar-refractivity contribution in [3.05, 3.63) is 65.2 Å². The number of methoxy groups -OCH3 is 1. The van der Waals surface area contributed by atoms with Crippen LogP contribution in [0.4, 0.5) is 0 Å². The van der Waals surface area contributed by atoms with E-state index in [0.717, 1.165) is 5.56 Å². The van der Waals surface area contributed by atoms with Crippen LogP contribution < -0.4 is 4.74 Å². The van der Waals surface area contributed by atoms with Gasteiger partial charge in [-0.15, -0.1) is 0 Å². The van der Waals surface area contributed by atoms with Crippen LogP contribution in [0.2, 0.25) is 0 Å². The Hall–Kier alpha value is -2.60. The van der Waals surface area contributed by atoms with Crippen LogP contribution in [0.25, 0.3) is 0 Å². The van der Waals surface area contributed by atoms with E-state index in [1.807, 2.05) is 18.2 Å². The van der Waals surface area contributed by atoms with E-state index in [4.69, 9.17) is 10.00 Å². The molecule has 2 aromatic carbocycles. The van der Waals surface area contributed by atoms with Crippen molar-refractivity contribution < 1.29 is 9.53 Å². The molecule has 94 valence electrons. The molecule has 0 aliphatic carbocycles. The maximum Gasteiger partial charge on any atom is 0.196 e. The van der Waals surface area contributed by atoms with Gasteiger partial charge in [0.05, 0.1) is 25.2 Å². The van der Waals surface area contributed by atoms with E-state index >= 15 is 0 Å². The molecule has 0 saturated carbocycles. The minimum Gasteiger partial charge on any atom is -0.496 e. The van der Waals surface area contributed by atoms with E-state index in [9.17, 15) is 4.79 Å². The number of carbonyl (C=O) groups excluding carboxylic acids is 1. The maximum absolute atomic E-state index is 12.4. The smallest absolute Gasteiger partial charge is 0.196 e. The van der Waals surface area contributed by atoms with E-state index in [0.29, 0.717) is 16.9 Å². The van der Waals surface area contributed by atoms with Crippen molar-refractivity contribution in [1.82, 2.24) is 0 Å². The lowest BCUT2D eigenvalue weighted by atomic mass is 9.99. The predicted octanol–water partition coefficient (Wildman–Crippen LogP) is 2.99. The van der Waals surface area contributed by atoms with Gasteiger partial charge in [-0.3, -0.25) is 4.79 Å². The van der Waals surface area contributed by atoms with Crippen molar-refractivity contribution in [2.45, 2.75) is 6.42 Å². The number of rotatable bonds is 4. The summed E-state index contributed by atoms with van der Waals surface area (Å²) in [5.41, 5.74) is 1.82. The van der Waals surface area contributed by atoms with Gasteiger partial charge in [0.25, 0.3) is 0 Å². The Morgan fingerprint density at radius 3 is 2.53 bits per heavy atom. The number of nitrogens with zero attached hydrogens (tertiary/aromatic N) is 1. The lowest BCUT2D eigenvalue weighted by Gasteiger charge is -2.11. The summed E-state index contributed by atoms with van der Waals surface area (Å²) in [7, 11) is 1.51. The summed E-state index contributed by atoms with van der Waals surface area (Å²) in [5.74, 6) is 0.384. The molecular weight excluding hydrogens is 238 g/mol. The molecular formula is C16H13NO2. The summed E-state index contributed by atoms with van der Waals surface area (Å²) in [6.07, 6.45) is 0.221. The van der Waals surface area contributed by atoms with Gasteiger partial charge < -0.3 is 4.74 Å². The molecule has 0 aliphatic heterocycles. The van der Waals surface area contributed by atoms with E-state index in [2.05, 4.69) is 6.07 Å². The molecule has 0 atom stereocenters. The molecule has 0 amide bonds. The Kier molecular flexibility index (Phi) is 3.94. The number of ketones is 1. The Labute approximate surface area is 112 Å². The maximum atomic E-state index is 12.4. The van der Waals surface area contributed by atoms with Gasteiger partial charge >= 0.3 is 0 Å².